The van der Waals surface area contributed by atoms with E-state index in [2.05, 4.69) is 19.9 Å². The number of hydrogen-bond acceptors (Lipinski definition) is 3. The molecule has 0 nitrogen and oxygen atoms in total. The van der Waals surface area contributed by atoms with Crippen molar-refractivity contribution < 1.29 is 0 Å². The van der Waals surface area contributed by atoms with Gasteiger partial charge >= 0.3 is 0 Å². The molecule has 1 aromatic rings. The maximum Gasteiger partial charge on any atom is 0.102 e. The van der Waals surface area contributed by atoms with Gasteiger partial charge in [-0.3, -0.25) is 0 Å². The molecule has 0 atom stereocenters. The lowest BCUT2D eigenvalue weighted by Crippen LogP contribution is -1.77. The van der Waals surface area contributed by atoms with Gasteiger partial charge in [0.15, 0.2) is 0 Å². The Hall–Kier alpha value is 0.270. The zero-order valence-corrected chi connectivity index (χ0v) is 7.83. The molecule has 50 valence electrons. The molecule has 1 rings (SSSR count). The van der Waals surface area contributed by atoms with E-state index in [4.69, 9.17) is 12.2 Å². The summed E-state index contributed by atoms with van der Waals surface area (Å²) in [6.07, 6.45) is 0. The lowest BCUT2D eigenvalue weighted by atomic mass is 10.2. The fourth-order valence-corrected chi connectivity index (χ4v) is 3.21. The van der Waals surface area contributed by atoms with Gasteiger partial charge in [-0.2, -0.15) is 0 Å². The first kappa shape index (κ1) is 7.38. The van der Waals surface area contributed by atoms with Crippen LogP contribution in [0.25, 0.3) is 0 Å². The molecule has 0 unspecified atom stereocenters. The van der Waals surface area contributed by atoms with Crippen LogP contribution in [0.1, 0.15) is 24.6 Å². The highest BCUT2D eigenvalue weighted by molar-refractivity contribution is 7.79. The standard InChI is InChI=1S/C6H8S3/c1-4(2)5-3-6(7)9-8-5/h3-4H,1-2H3. The van der Waals surface area contributed by atoms with Crippen molar-refractivity contribution >= 4 is 32.9 Å². The molecule has 1 aromatic heterocycles. The van der Waals surface area contributed by atoms with E-state index in [1.165, 1.54) is 4.88 Å². The largest absolute Gasteiger partial charge is 0.102 e. The Balaban J connectivity index is 2.98. The summed E-state index contributed by atoms with van der Waals surface area (Å²) in [5.74, 6) is 0.642. The van der Waals surface area contributed by atoms with Gasteiger partial charge in [0, 0.05) is 4.88 Å². The van der Waals surface area contributed by atoms with Gasteiger partial charge in [-0.05, 0) is 12.0 Å². The summed E-state index contributed by atoms with van der Waals surface area (Å²) < 4.78 is 1.02. The zero-order valence-electron chi connectivity index (χ0n) is 5.38. The Morgan fingerprint density at radius 2 is 2.11 bits per heavy atom. The molecule has 0 aliphatic carbocycles. The van der Waals surface area contributed by atoms with Crippen molar-refractivity contribution in [3.63, 3.8) is 0 Å². The Morgan fingerprint density at radius 1 is 1.44 bits per heavy atom. The second-order valence-corrected chi connectivity index (χ2v) is 5.13. The molecule has 0 fully saturated rings. The second-order valence-electron chi connectivity index (χ2n) is 2.19. The van der Waals surface area contributed by atoms with Crippen LogP contribution in [-0.4, -0.2) is 0 Å². The van der Waals surface area contributed by atoms with E-state index in [0.29, 0.717) is 5.92 Å². The Kier molecular flexibility index (Phi) is 2.38. The van der Waals surface area contributed by atoms with Crippen LogP contribution in [0, 0.1) is 3.82 Å². The Morgan fingerprint density at radius 3 is 2.33 bits per heavy atom. The molecule has 0 aliphatic heterocycles. The van der Waals surface area contributed by atoms with Crippen LogP contribution in [0.5, 0.6) is 0 Å². The number of hydrogen-bond donors (Lipinski definition) is 0. The normalized spacial score (nSPS) is 10.6. The van der Waals surface area contributed by atoms with Gasteiger partial charge in [0.05, 0.1) is 0 Å². The van der Waals surface area contributed by atoms with Gasteiger partial charge < -0.3 is 0 Å². The topological polar surface area (TPSA) is 0 Å². The predicted molar refractivity (Wildman–Crippen MR) is 47.1 cm³/mol. The highest BCUT2D eigenvalue weighted by Gasteiger charge is 1.99. The molecule has 0 N–H and O–H groups in total. The Labute approximate surface area is 67.6 Å². The highest BCUT2D eigenvalue weighted by atomic mass is 32.9. The third-order valence-corrected chi connectivity index (χ3v) is 4.25. The molecular weight excluding hydrogens is 168 g/mol. The summed E-state index contributed by atoms with van der Waals surface area (Å²) >= 11 is 4.98. The van der Waals surface area contributed by atoms with Crippen molar-refractivity contribution in [3.05, 3.63) is 14.8 Å². The minimum atomic E-state index is 0.642. The fourth-order valence-electron chi connectivity index (χ4n) is 0.516. The monoisotopic (exact) mass is 176 g/mol. The van der Waals surface area contributed by atoms with Crippen LogP contribution in [0.4, 0.5) is 0 Å². The molecule has 0 aliphatic rings. The van der Waals surface area contributed by atoms with Crippen LogP contribution >= 0.6 is 32.9 Å². The third-order valence-electron chi connectivity index (χ3n) is 1.05. The van der Waals surface area contributed by atoms with Gasteiger partial charge in [0.2, 0.25) is 0 Å². The molecule has 3 heteroatoms. The fraction of sp³-hybridized carbons (Fsp3) is 0.500. The molecule has 0 aromatic carbocycles. The molecule has 9 heavy (non-hydrogen) atoms. The maximum atomic E-state index is 4.98. The summed E-state index contributed by atoms with van der Waals surface area (Å²) in [5.41, 5.74) is 0. The quantitative estimate of drug-likeness (QED) is 0.465. The van der Waals surface area contributed by atoms with Gasteiger partial charge in [0.25, 0.3) is 0 Å². The maximum absolute atomic E-state index is 4.98. The van der Waals surface area contributed by atoms with Gasteiger partial charge in [-0.1, -0.05) is 46.7 Å². The van der Waals surface area contributed by atoms with Gasteiger partial charge in [0.1, 0.15) is 3.82 Å². The molecule has 0 amide bonds. The van der Waals surface area contributed by atoms with E-state index in [-0.39, 0.29) is 0 Å². The van der Waals surface area contributed by atoms with Crippen molar-refractivity contribution in [1.29, 1.82) is 0 Å². The van der Waals surface area contributed by atoms with E-state index in [1.807, 2.05) is 0 Å². The van der Waals surface area contributed by atoms with Crippen molar-refractivity contribution in [3.8, 4) is 0 Å². The third kappa shape index (κ3) is 1.85. The SMILES string of the molecule is CC(C)c1cc(=S)ss1. The lowest BCUT2D eigenvalue weighted by Gasteiger charge is -1.94. The molecule has 0 saturated carbocycles. The molecule has 0 radical (unpaired) electrons. The first-order valence-electron chi connectivity index (χ1n) is 2.80. The summed E-state index contributed by atoms with van der Waals surface area (Å²) in [4.78, 5) is 1.41. The molecule has 0 spiro atoms. The van der Waals surface area contributed by atoms with Crippen LogP contribution in [0.15, 0.2) is 6.07 Å². The van der Waals surface area contributed by atoms with Crippen LogP contribution < -0.4 is 0 Å². The van der Waals surface area contributed by atoms with Gasteiger partial charge in [-0.25, -0.2) is 0 Å². The summed E-state index contributed by atoms with van der Waals surface area (Å²) in [6, 6.07) is 2.09. The average molecular weight is 176 g/mol. The Bertz CT molecular complexity index is 230. The average Bonchev–Trinajstić information content (AvgIpc) is 2.14. The molecule has 0 bridgehead atoms. The minimum absolute atomic E-state index is 0.642. The predicted octanol–water partition coefficient (Wildman–Crippen LogP) is 3.66. The van der Waals surface area contributed by atoms with Gasteiger partial charge in [-0.15, -0.1) is 0 Å². The number of rotatable bonds is 1. The molecular formula is C6H8S3. The first-order chi connectivity index (χ1) is 4.20. The minimum Gasteiger partial charge on any atom is -0.0834 e. The first-order valence-corrected chi connectivity index (χ1v) is 5.36. The van der Waals surface area contributed by atoms with Crippen molar-refractivity contribution in [2.75, 3.05) is 0 Å². The van der Waals surface area contributed by atoms with E-state index in [9.17, 15) is 0 Å². The van der Waals surface area contributed by atoms with E-state index < -0.39 is 0 Å². The zero-order chi connectivity index (χ0) is 6.85. The van der Waals surface area contributed by atoms with Crippen molar-refractivity contribution in [2.45, 2.75) is 19.8 Å². The van der Waals surface area contributed by atoms with E-state index in [1.54, 1.807) is 20.7 Å². The highest BCUT2D eigenvalue weighted by Crippen LogP contribution is 2.24. The van der Waals surface area contributed by atoms with Crippen molar-refractivity contribution in [1.82, 2.24) is 0 Å². The van der Waals surface area contributed by atoms with E-state index >= 15 is 0 Å². The van der Waals surface area contributed by atoms with Crippen LogP contribution in [0.2, 0.25) is 0 Å². The van der Waals surface area contributed by atoms with E-state index in [0.717, 1.165) is 3.82 Å². The van der Waals surface area contributed by atoms with Crippen molar-refractivity contribution in [2.24, 2.45) is 0 Å². The summed E-state index contributed by atoms with van der Waals surface area (Å²) in [7, 11) is 3.48. The van der Waals surface area contributed by atoms with Crippen LogP contribution in [-0.2, 0) is 0 Å². The lowest BCUT2D eigenvalue weighted by molar-refractivity contribution is 0.889. The summed E-state index contributed by atoms with van der Waals surface area (Å²) in [6.45, 7) is 4.38. The van der Waals surface area contributed by atoms with Crippen LogP contribution in [0.3, 0.4) is 0 Å². The molecule has 0 saturated heterocycles. The smallest absolute Gasteiger partial charge is 0.0834 e. The summed E-state index contributed by atoms with van der Waals surface area (Å²) in [5, 5.41) is 0. The molecule has 1 heterocycles. The second kappa shape index (κ2) is 2.90.